The Balaban J connectivity index is 0. The number of Topliss-reactive ketones (excluding diaryl/α,β-unsaturated/α-hetero) is 1. The van der Waals surface area contributed by atoms with Gasteiger partial charge in [0.1, 0.15) is 0 Å². The van der Waals surface area contributed by atoms with Crippen LogP contribution in [0.15, 0.2) is 12.2 Å². The lowest BCUT2D eigenvalue weighted by atomic mass is 9.99. The smallest absolute Gasteiger partial charge is 0.304 e. The second-order valence-electron chi connectivity index (χ2n) is 3.45. The molecule has 0 radical (unpaired) electrons. The minimum atomic E-state index is -0.970. The Morgan fingerprint density at radius 3 is 2.50 bits per heavy atom. The van der Waals surface area contributed by atoms with E-state index in [-0.39, 0.29) is 31.2 Å². The summed E-state index contributed by atoms with van der Waals surface area (Å²) in [4.78, 5) is 21.8. The van der Waals surface area contributed by atoms with Gasteiger partial charge in [-0.3, -0.25) is 9.59 Å². The number of nitrogens with two attached hydrogens (primary N) is 1. The fourth-order valence-electron chi connectivity index (χ4n) is 1.21. The average molecular weight is 250 g/mol. The van der Waals surface area contributed by atoms with E-state index in [0.717, 1.165) is 19.3 Å². The second kappa shape index (κ2) is 10.6. The highest BCUT2D eigenvalue weighted by Gasteiger charge is 2.16. The van der Waals surface area contributed by atoms with Crippen LogP contribution in [0.5, 0.6) is 0 Å². The van der Waals surface area contributed by atoms with Crippen LogP contribution in [0.25, 0.3) is 0 Å². The third-order valence-corrected chi connectivity index (χ3v) is 2.10. The Morgan fingerprint density at radius 2 is 2.06 bits per heavy atom. The Bertz CT molecular complexity index is 241. The summed E-state index contributed by atoms with van der Waals surface area (Å²) in [5.74, 6) is -1.75. The molecule has 16 heavy (non-hydrogen) atoms. The maximum Gasteiger partial charge on any atom is 0.304 e. The molecule has 3 N–H and O–H groups in total. The fourth-order valence-corrected chi connectivity index (χ4v) is 1.21. The maximum absolute atomic E-state index is 11.3. The van der Waals surface area contributed by atoms with Crippen LogP contribution >= 0.6 is 12.4 Å². The van der Waals surface area contributed by atoms with Crippen molar-refractivity contribution < 1.29 is 14.7 Å². The van der Waals surface area contributed by atoms with Gasteiger partial charge in [0.25, 0.3) is 0 Å². The second-order valence-corrected chi connectivity index (χ2v) is 3.45. The molecular weight excluding hydrogens is 230 g/mol. The first-order valence-electron chi connectivity index (χ1n) is 5.23. The number of ketones is 1. The molecule has 0 aliphatic carbocycles. The third-order valence-electron chi connectivity index (χ3n) is 2.10. The van der Waals surface area contributed by atoms with Gasteiger partial charge in [0.2, 0.25) is 0 Å². The Kier molecular flexibility index (Phi) is 11.7. The molecule has 0 saturated heterocycles. The normalized spacial score (nSPS) is 12.1. The van der Waals surface area contributed by atoms with E-state index in [4.69, 9.17) is 10.8 Å². The molecule has 1 atom stereocenters. The van der Waals surface area contributed by atoms with Gasteiger partial charge < -0.3 is 10.8 Å². The van der Waals surface area contributed by atoms with Crippen LogP contribution in [0, 0.1) is 5.92 Å². The number of carbonyl (C=O) groups excluding carboxylic acids is 1. The average Bonchev–Trinajstić information content (AvgIpc) is 2.21. The van der Waals surface area contributed by atoms with Gasteiger partial charge >= 0.3 is 5.97 Å². The number of hydrogen-bond acceptors (Lipinski definition) is 3. The Labute approximate surface area is 102 Å². The van der Waals surface area contributed by atoms with E-state index in [1.54, 1.807) is 6.08 Å². The molecule has 0 fully saturated rings. The topological polar surface area (TPSA) is 80.4 Å². The highest BCUT2D eigenvalue weighted by Crippen LogP contribution is 2.08. The number of aliphatic carboxylic acids is 1. The largest absolute Gasteiger partial charge is 0.481 e. The van der Waals surface area contributed by atoms with Crippen molar-refractivity contribution in [2.45, 2.75) is 32.6 Å². The summed E-state index contributed by atoms with van der Waals surface area (Å²) >= 11 is 0. The van der Waals surface area contributed by atoms with Crippen molar-refractivity contribution in [3.05, 3.63) is 12.2 Å². The van der Waals surface area contributed by atoms with Gasteiger partial charge in [0.05, 0.1) is 13.0 Å². The molecule has 0 aliphatic heterocycles. The van der Waals surface area contributed by atoms with Crippen LogP contribution in [-0.2, 0) is 9.59 Å². The van der Waals surface area contributed by atoms with Crippen LogP contribution < -0.4 is 5.73 Å². The van der Waals surface area contributed by atoms with Crippen LogP contribution in [0.1, 0.15) is 32.6 Å². The van der Waals surface area contributed by atoms with Crippen molar-refractivity contribution in [3.8, 4) is 0 Å². The number of carbonyl (C=O) groups is 2. The first-order valence-corrected chi connectivity index (χ1v) is 5.23. The molecule has 0 amide bonds. The van der Waals surface area contributed by atoms with Gasteiger partial charge in [0, 0.05) is 5.92 Å². The van der Waals surface area contributed by atoms with Crippen molar-refractivity contribution >= 4 is 24.2 Å². The predicted molar refractivity (Wildman–Crippen MR) is 65.7 cm³/mol. The van der Waals surface area contributed by atoms with Gasteiger partial charge in [-0.05, 0) is 6.42 Å². The molecule has 0 aliphatic rings. The summed E-state index contributed by atoms with van der Waals surface area (Å²) in [6.45, 7) is 1.98. The summed E-state index contributed by atoms with van der Waals surface area (Å²) in [5, 5.41) is 8.60. The Hall–Kier alpha value is -0.870. The standard InChI is InChI=1S/C11H19NO3.ClH/c1-2-3-4-5-6-9(7-11(14)15)10(13)8-12;/h5-6,9H,2-4,7-8,12H2,1H3,(H,14,15);1H/b6-5-;. The van der Waals surface area contributed by atoms with E-state index < -0.39 is 11.9 Å². The molecule has 4 nitrogen and oxygen atoms in total. The molecule has 0 heterocycles. The van der Waals surface area contributed by atoms with E-state index >= 15 is 0 Å². The molecule has 0 aromatic heterocycles. The number of halogens is 1. The quantitative estimate of drug-likeness (QED) is 0.508. The highest BCUT2D eigenvalue weighted by molar-refractivity contribution is 5.87. The van der Waals surface area contributed by atoms with Crippen molar-refractivity contribution in [1.29, 1.82) is 0 Å². The lowest BCUT2D eigenvalue weighted by Crippen LogP contribution is -2.24. The monoisotopic (exact) mass is 249 g/mol. The molecule has 0 saturated carbocycles. The van der Waals surface area contributed by atoms with Crippen molar-refractivity contribution in [1.82, 2.24) is 0 Å². The first kappa shape index (κ1) is 17.5. The minimum Gasteiger partial charge on any atom is -0.481 e. The van der Waals surface area contributed by atoms with E-state index in [2.05, 4.69) is 6.92 Å². The third kappa shape index (κ3) is 8.44. The number of rotatable bonds is 8. The molecule has 0 spiro atoms. The van der Waals surface area contributed by atoms with Gasteiger partial charge in [-0.2, -0.15) is 0 Å². The Morgan fingerprint density at radius 1 is 1.44 bits per heavy atom. The molecule has 1 unspecified atom stereocenters. The van der Waals surface area contributed by atoms with Crippen molar-refractivity contribution in [2.24, 2.45) is 11.7 Å². The summed E-state index contributed by atoms with van der Waals surface area (Å²) in [5.41, 5.74) is 5.20. The van der Waals surface area contributed by atoms with Crippen LogP contribution in [0.3, 0.4) is 0 Å². The summed E-state index contributed by atoms with van der Waals surface area (Å²) in [6.07, 6.45) is 6.37. The summed E-state index contributed by atoms with van der Waals surface area (Å²) < 4.78 is 0. The molecule has 0 bridgehead atoms. The fraction of sp³-hybridized carbons (Fsp3) is 0.636. The van der Waals surface area contributed by atoms with Crippen LogP contribution in [0.2, 0.25) is 0 Å². The number of carboxylic acid groups (broad SMARTS) is 1. The van der Waals surface area contributed by atoms with Crippen molar-refractivity contribution in [3.63, 3.8) is 0 Å². The number of unbranched alkanes of at least 4 members (excludes halogenated alkanes) is 2. The zero-order chi connectivity index (χ0) is 11.7. The van der Waals surface area contributed by atoms with E-state index in [0.29, 0.717) is 0 Å². The summed E-state index contributed by atoms with van der Waals surface area (Å²) in [6, 6.07) is 0. The molecule has 0 rings (SSSR count). The molecule has 0 aromatic rings. The zero-order valence-corrected chi connectivity index (χ0v) is 10.3. The minimum absolute atomic E-state index is 0. The van der Waals surface area contributed by atoms with Gasteiger partial charge in [0.15, 0.2) is 5.78 Å². The SMILES string of the molecule is CCCC/C=C\C(CC(=O)O)C(=O)CN.Cl. The molecule has 0 aromatic carbocycles. The zero-order valence-electron chi connectivity index (χ0n) is 9.52. The molecule has 5 heteroatoms. The lowest BCUT2D eigenvalue weighted by Gasteiger charge is -2.06. The predicted octanol–water partition coefficient (Wildman–Crippen LogP) is 1.77. The van der Waals surface area contributed by atoms with Gasteiger partial charge in [-0.25, -0.2) is 0 Å². The van der Waals surface area contributed by atoms with E-state index in [1.165, 1.54) is 0 Å². The van der Waals surface area contributed by atoms with Gasteiger partial charge in [-0.15, -0.1) is 12.4 Å². The summed E-state index contributed by atoms with van der Waals surface area (Å²) in [7, 11) is 0. The van der Waals surface area contributed by atoms with Crippen molar-refractivity contribution in [2.75, 3.05) is 6.54 Å². The van der Waals surface area contributed by atoms with Crippen LogP contribution in [-0.4, -0.2) is 23.4 Å². The maximum atomic E-state index is 11.3. The van der Waals surface area contributed by atoms with E-state index in [9.17, 15) is 9.59 Å². The number of allylic oxidation sites excluding steroid dienone is 2. The molecular formula is C11H20ClNO3. The van der Waals surface area contributed by atoms with Gasteiger partial charge in [-0.1, -0.05) is 31.9 Å². The van der Waals surface area contributed by atoms with E-state index in [1.807, 2.05) is 6.08 Å². The van der Waals surface area contributed by atoms with Crippen LogP contribution in [0.4, 0.5) is 0 Å². The number of hydrogen-bond donors (Lipinski definition) is 2. The highest BCUT2D eigenvalue weighted by atomic mass is 35.5. The molecule has 94 valence electrons. The first-order chi connectivity index (χ1) is 7.11. The lowest BCUT2D eigenvalue weighted by molar-refractivity contribution is -0.139. The number of carboxylic acids is 1.